The molecule has 1 fully saturated rings. The molecule has 0 spiro atoms. The zero-order valence-corrected chi connectivity index (χ0v) is 18.1. The molecule has 2 rings (SSSR count). The van der Waals surface area contributed by atoms with Crippen LogP contribution in [0.1, 0.15) is 54.4 Å². The number of urea groups is 1. The van der Waals surface area contributed by atoms with Gasteiger partial charge in [0.25, 0.3) is 0 Å². The molecule has 1 saturated heterocycles. The van der Waals surface area contributed by atoms with E-state index in [2.05, 4.69) is 10.4 Å². The predicted molar refractivity (Wildman–Crippen MR) is 109 cm³/mol. The third-order valence-electron chi connectivity index (χ3n) is 4.72. The number of carbonyl (C=O) groups excluding carboxylic acids is 2. The van der Waals surface area contributed by atoms with Crippen LogP contribution in [-0.4, -0.2) is 63.0 Å². The summed E-state index contributed by atoms with van der Waals surface area (Å²) in [5.41, 5.74) is 0.178. The van der Waals surface area contributed by atoms with Gasteiger partial charge in [0.1, 0.15) is 5.60 Å². The number of hydrogen-bond acceptors (Lipinski definition) is 4. The first-order chi connectivity index (χ1) is 13.1. The smallest absolute Gasteiger partial charge is 0.410 e. The largest absolute Gasteiger partial charge is 0.444 e. The van der Waals surface area contributed by atoms with E-state index in [9.17, 15) is 9.59 Å². The minimum absolute atomic E-state index is 0.0407. The van der Waals surface area contributed by atoms with Crippen LogP contribution in [0.3, 0.4) is 0 Å². The van der Waals surface area contributed by atoms with E-state index in [1.807, 2.05) is 52.6 Å². The summed E-state index contributed by atoms with van der Waals surface area (Å²) >= 11 is 0. The van der Waals surface area contributed by atoms with Crippen LogP contribution < -0.4 is 5.32 Å². The number of rotatable bonds is 5. The quantitative estimate of drug-likeness (QED) is 0.825. The number of nitrogens with zero attached hydrogens (tertiary/aromatic N) is 4. The molecule has 2 heterocycles. The Morgan fingerprint density at radius 3 is 2.68 bits per heavy atom. The lowest BCUT2D eigenvalue weighted by Gasteiger charge is -2.37. The van der Waals surface area contributed by atoms with E-state index in [1.54, 1.807) is 15.8 Å². The molecule has 1 N–H and O–H groups in total. The van der Waals surface area contributed by atoms with Crippen LogP contribution in [0.25, 0.3) is 0 Å². The predicted octanol–water partition coefficient (Wildman–Crippen LogP) is 3.79. The Hall–Kier alpha value is -2.25. The third kappa shape index (κ3) is 6.42. The lowest BCUT2D eigenvalue weighted by molar-refractivity contribution is 0.0132. The van der Waals surface area contributed by atoms with E-state index in [0.717, 1.165) is 25.9 Å². The van der Waals surface area contributed by atoms with E-state index in [0.29, 0.717) is 18.8 Å². The molecule has 0 aromatic carbocycles. The van der Waals surface area contributed by atoms with Crippen molar-refractivity contribution in [1.29, 1.82) is 0 Å². The number of piperidine rings is 1. The van der Waals surface area contributed by atoms with Gasteiger partial charge in [0.2, 0.25) is 0 Å². The van der Waals surface area contributed by atoms with Crippen LogP contribution in [0.5, 0.6) is 0 Å². The molecule has 1 aromatic rings. The molecule has 1 aliphatic heterocycles. The first-order valence-corrected chi connectivity index (χ1v) is 10.2. The van der Waals surface area contributed by atoms with Crippen molar-refractivity contribution in [2.24, 2.45) is 5.92 Å². The van der Waals surface area contributed by atoms with Crippen LogP contribution in [0.15, 0.2) is 12.4 Å². The van der Waals surface area contributed by atoms with Gasteiger partial charge in [0, 0.05) is 38.4 Å². The van der Waals surface area contributed by atoms with Crippen molar-refractivity contribution in [3.63, 3.8) is 0 Å². The second-order valence-electron chi connectivity index (χ2n) is 8.70. The summed E-state index contributed by atoms with van der Waals surface area (Å²) < 4.78 is 7.33. The second kappa shape index (κ2) is 9.30. The van der Waals surface area contributed by atoms with Crippen LogP contribution in [0.4, 0.5) is 15.3 Å². The van der Waals surface area contributed by atoms with Gasteiger partial charge in [-0.15, -0.1) is 0 Å². The summed E-state index contributed by atoms with van der Waals surface area (Å²) in [5.74, 6) is 0.229. The number of nitrogens with one attached hydrogen (secondary N) is 1. The van der Waals surface area contributed by atoms with Gasteiger partial charge in [-0.05, 0) is 60.3 Å². The maximum Gasteiger partial charge on any atom is 0.410 e. The van der Waals surface area contributed by atoms with Crippen molar-refractivity contribution < 1.29 is 14.3 Å². The Kier molecular flexibility index (Phi) is 7.32. The zero-order chi connectivity index (χ0) is 20.9. The Morgan fingerprint density at radius 2 is 2.11 bits per heavy atom. The Morgan fingerprint density at radius 1 is 1.39 bits per heavy atom. The summed E-state index contributed by atoms with van der Waals surface area (Å²) in [7, 11) is 0. The topological polar surface area (TPSA) is 79.7 Å². The molecule has 1 unspecified atom stereocenters. The summed E-state index contributed by atoms with van der Waals surface area (Å²) in [6.07, 6.45) is 5.10. The highest BCUT2D eigenvalue weighted by Crippen LogP contribution is 2.21. The monoisotopic (exact) mass is 393 g/mol. The van der Waals surface area contributed by atoms with Crippen molar-refractivity contribution in [1.82, 2.24) is 19.6 Å². The minimum atomic E-state index is -0.522. The Labute approximate surface area is 168 Å². The molecule has 28 heavy (non-hydrogen) atoms. The first-order valence-electron chi connectivity index (χ1n) is 10.2. The molecular weight excluding hydrogens is 358 g/mol. The van der Waals surface area contributed by atoms with Gasteiger partial charge in [-0.25, -0.2) is 9.59 Å². The minimum Gasteiger partial charge on any atom is -0.444 e. The molecule has 1 atom stereocenters. The fourth-order valence-electron chi connectivity index (χ4n) is 3.30. The molecule has 0 saturated carbocycles. The van der Waals surface area contributed by atoms with Gasteiger partial charge in [0.15, 0.2) is 0 Å². The molecule has 158 valence electrons. The summed E-state index contributed by atoms with van der Waals surface area (Å²) in [6, 6.07) is -0.0762. The van der Waals surface area contributed by atoms with Crippen molar-refractivity contribution in [2.45, 2.75) is 72.6 Å². The third-order valence-corrected chi connectivity index (χ3v) is 4.72. The highest BCUT2D eigenvalue weighted by molar-refractivity contribution is 5.89. The Balaban J connectivity index is 1.95. The number of hydrogen-bond donors (Lipinski definition) is 1. The van der Waals surface area contributed by atoms with Gasteiger partial charge in [0.05, 0.1) is 11.9 Å². The SMILES string of the molecule is CCn1cc(NC(=O)N2CCCC(CN(C(=O)OC(C)(C)C)C(C)C)C2)cn1. The second-order valence-corrected chi connectivity index (χ2v) is 8.70. The fraction of sp³-hybridized carbons (Fsp3) is 0.750. The Bertz CT molecular complexity index is 665. The van der Waals surface area contributed by atoms with Crippen LogP contribution in [0, 0.1) is 5.92 Å². The molecule has 1 aromatic heterocycles. The van der Waals surface area contributed by atoms with Gasteiger partial charge < -0.3 is 19.9 Å². The zero-order valence-electron chi connectivity index (χ0n) is 18.1. The van der Waals surface area contributed by atoms with Crippen LogP contribution in [-0.2, 0) is 11.3 Å². The highest BCUT2D eigenvalue weighted by atomic mass is 16.6. The molecular formula is C20H35N5O3. The lowest BCUT2D eigenvalue weighted by atomic mass is 9.97. The average molecular weight is 394 g/mol. The first kappa shape index (κ1) is 22.0. The van der Waals surface area contributed by atoms with E-state index in [4.69, 9.17) is 4.74 Å². The van der Waals surface area contributed by atoms with Gasteiger partial charge in [-0.1, -0.05) is 0 Å². The van der Waals surface area contributed by atoms with E-state index in [1.165, 1.54) is 0 Å². The molecule has 8 nitrogen and oxygen atoms in total. The molecule has 0 bridgehead atoms. The summed E-state index contributed by atoms with van der Waals surface area (Å²) in [5, 5.41) is 7.10. The van der Waals surface area contributed by atoms with E-state index in [-0.39, 0.29) is 24.1 Å². The number of anilines is 1. The fourth-order valence-corrected chi connectivity index (χ4v) is 3.30. The maximum absolute atomic E-state index is 12.6. The van der Waals surface area contributed by atoms with Crippen LogP contribution >= 0.6 is 0 Å². The van der Waals surface area contributed by atoms with E-state index >= 15 is 0 Å². The molecule has 0 radical (unpaired) electrons. The highest BCUT2D eigenvalue weighted by Gasteiger charge is 2.30. The van der Waals surface area contributed by atoms with Gasteiger partial charge >= 0.3 is 12.1 Å². The van der Waals surface area contributed by atoms with Crippen molar-refractivity contribution >= 4 is 17.8 Å². The molecule has 3 amide bonds. The number of likely N-dealkylation sites (tertiary alicyclic amines) is 1. The van der Waals surface area contributed by atoms with Crippen molar-refractivity contribution in [3.05, 3.63) is 12.4 Å². The number of amides is 3. The van der Waals surface area contributed by atoms with Gasteiger partial charge in [-0.2, -0.15) is 5.10 Å². The van der Waals surface area contributed by atoms with Crippen molar-refractivity contribution in [3.8, 4) is 0 Å². The maximum atomic E-state index is 12.6. The normalized spacial score (nSPS) is 17.5. The summed E-state index contributed by atoms with van der Waals surface area (Å²) in [4.78, 5) is 28.8. The number of carbonyl (C=O) groups is 2. The number of ether oxygens (including phenoxy) is 1. The standard InChI is InChI=1S/C20H35N5O3/c1-7-24-14-17(11-21-24)22-18(26)23-10-8-9-16(12-23)13-25(15(2)3)19(27)28-20(4,5)6/h11,14-16H,7-10,12-13H2,1-6H3,(H,22,26). The number of aromatic nitrogens is 2. The van der Waals surface area contributed by atoms with E-state index < -0.39 is 5.60 Å². The average Bonchev–Trinajstić information content (AvgIpc) is 3.05. The lowest BCUT2D eigenvalue weighted by Crippen LogP contribution is -2.48. The molecule has 8 heteroatoms. The van der Waals surface area contributed by atoms with Gasteiger partial charge in [-0.3, -0.25) is 4.68 Å². The van der Waals surface area contributed by atoms with Crippen molar-refractivity contribution in [2.75, 3.05) is 25.0 Å². The molecule has 0 aliphatic carbocycles. The number of aryl methyl sites for hydroxylation is 1. The summed E-state index contributed by atoms with van der Waals surface area (Å²) in [6.45, 7) is 14.3. The van der Waals surface area contributed by atoms with Crippen LogP contribution in [0.2, 0.25) is 0 Å². The molecule has 1 aliphatic rings.